The molecule has 9 nitrogen and oxygen atoms in total. The second kappa shape index (κ2) is 9.17. The summed E-state index contributed by atoms with van der Waals surface area (Å²) in [6.07, 6.45) is -5.39. The fourth-order valence-electron chi connectivity index (χ4n) is 2.94. The number of sulfonamides is 1. The first-order chi connectivity index (χ1) is 15.1. The van der Waals surface area contributed by atoms with Crippen LogP contribution in [0, 0.1) is 23.0 Å². The molecule has 0 saturated heterocycles. The lowest BCUT2D eigenvalue weighted by atomic mass is 9.84. The Labute approximate surface area is 186 Å². The van der Waals surface area contributed by atoms with Crippen LogP contribution in [0.4, 0.5) is 24.5 Å². The number of phenols is 1. The van der Waals surface area contributed by atoms with Crippen LogP contribution in [-0.4, -0.2) is 36.2 Å². The minimum Gasteiger partial charge on any atom is -0.508 e. The molecule has 0 aromatic heterocycles. The molecule has 0 heterocycles. The van der Waals surface area contributed by atoms with E-state index in [4.69, 9.17) is 0 Å². The number of Topliss-reactive ketones (excluding diaryl/α,β-unsaturated/α-hetero) is 2. The average Bonchev–Trinajstić information content (AvgIpc) is 2.69. The predicted octanol–water partition coefficient (Wildman–Crippen LogP) is 3.85. The van der Waals surface area contributed by atoms with E-state index >= 15 is 0 Å². The van der Waals surface area contributed by atoms with Gasteiger partial charge in [-0.25, -0.2) is 8.42 Å². The van der Waals surface area contributed by atoms with Crippen LogP contribution < -0.4 is 4.72 Å². The van der Waals surface area contributed by atoms with E-state index in [2.05, 4.69) is 0 Å². The zero-order chi connectivity index (χ0) is 25.3. The molecule has 0 fully saturated rings. The second-order valence-electron chi connectivity index (χ2n) is 7.44. The number of carbonyl (C=O) groups is 2. The van der Waals surface area contributed by atoms with Gasteiger partial charge in [0.1, 0.15) is 11.7 Å². The molecule has 2 aromatic carbocycles. The highest BCUT2D eigenvalue weighted by Gasteiger charge is 2.48. The topological polar surface area (TPSA) is 144 Å². The summed E-state index contributed by atoms with van der Waals surface area (Å²) in [4.78, 5) is 34.2. The molecule has 178 valence electrons. The fraction of sp³-hybridized carbons (Fsp3) is 0.300. The molecule has 2 aromatic rings. The predicted molar refractivity (Wildman–Crippen MR) is 110 cm³/mol. The molecule has 2 N–H and O–H groups in total. The van der Waals surface area contributed by atoms with Crippen LogP contribution >= 0.6 is 0 Å². The Bertz CT molecular complexity index is 1220. The molecule has 0 aliphatic rings. The third kappa shape index (κ3) is 5.66. The number of carbonyl (C=O) groups excluding carboxylic acids is 2. The van der Waals surface area contributed by atoms with Gasteiger partial charge in [0, 0.05) is 28.8 Å². The van der Waals surface area contributed by atoms with E-state index in [0.717, 1.165) is 30.3 Å². The number of nitro groups is 1. The van der Waals surface area contributed by atoms with Crippen molar-refractivity contribution in [2.24, 2.45) is 5.92 Å². The molecule has 0 amide bonds. The molecule has 0 saturated carbocycles. The first kappa shape index (κ1) is 25.8. The summed E-state index contributed by atoms with van der Waals surface area (Å²) in [6, 6.07) is 5.66. The third-order valence-corrected chi connectivity index (χ3v) is 6.05. The molecular formula is C20H19F3N2O7S. The van der Waals surface area contributed by atoms with Gasteiger partial charge < -0.3 is 5.11 Å². The van der Waals surface area contributed by atoms with E-state index in [0.29, 0.717) is 0 Å². The number of ketones is 2. The number of nitrogens with zero attached hydrogens (tertiary/aromatic N) is 1. The first-order valence-corrected chi connectivity index (χ1v) is 10.8. The lowest BCUT2D eigenvalue weighted by Gasteiger charge is -2.20. The first-order valence-electron chi connectivity index (χ1n) is 9.31. The number of aryl methyl sites for hydroxylation is 1. The molecule has 2 rings (SSSR count). The Morgan fingerprint density at radius 2 is 1.73 bits per heavy atom. The van der Waals surface area contributed by atoms with Crippen LogP contribution in [0.1, 0.15) is 30.9 Å². The van der Waals surface area contributed by atoms with Crippen LogP contribution in [0.15, 0.2) is 41.3 Å². The van der Waals surface area contributed by atoms with E-state index in [-0.39, 0.29) is 11.3 Å². The number of halogens is 3. The fourth-order valence-corrected chi connectivity index (χ4v) is 4.01. The second-order valence-corrected chi connectivity index (χ2v) is 9.12. The van der Waals surface area contributed by atoms with Crippen LogP contribution in [0.3, 0.4) is 0 Å². The van der Waals surface area contributed by atoms with Gasteiger partial charge >= 0.3 is 6.18 Å². The molecular weight excluding hydrogens is 469 g/mol. The third-order valence-electron chi connectivity index (χ3n) is 4.67. The molecule has 0 bridgehead atoms. The lowest BCUT2D eigenvalue weighted by molar-refractivity contribution is -0.385. The van der Waals surface area contributed by atoms with Gasteiger partial charge in [-0.15, -0.1) is 0 Å². The Hall–Kier alpha value is -3.48. The van der Waals surface area contributed by atoms with Gasteiger partial charge in [-0.2, -0.15) is 13.2 Å². The standard InChI is InChI=1S/C20H19F3N2O7S/c1-10(2)18(27)17(19(28)20(21,22)23)14-8-12(5-7-16(14)26)24-33(31,32)13-6-4-11(3)15(9-13)25(29)30/h4-10,17,24,26H,1-3H3/t17-/m0/s1. The number of alkyl halides is 3. The highest BCUT2D eigenvalue weighted by molar-refractivity contribution is 7.92. The van der Waals surface area contributed by atoms with Gasteiger partial charge in [-0.05, 0) is 31.2 Å². The van der Waals surface area contributed by atoms with Crippen LogP contribution in [0.2, 0.25) is 0 Å². The van der Waals surface area contributed by atoms with E-state index in [1.54, 1.807) is 0 Å². The number of phenolic OH excluding ortho intramolecular Hbond substituents is 1. The van der Waals surface area contributed by atoms with Gasteiger partial charge in [-0.3, -0.25) is 24.4 Å². The molecule has 0 spiro atoms. The summed E-state index contributed by atoms with van der Waals surface area (Å²) in [5.41, 5.74) is -1.37. The molecule has 0 aliphatic carbocycles. The van der Waals surface area contributed by atoms with E-state index in [1.165, 1.54) is 26.8 Å². The highest BCUT2D eigenvalue weighted by atomic mass is 32.2. The number of aromatic hydroxyl groups is 1. The molecule has 33 heavy (non-hydrogen) atoms. The summed E-state index contributed by atoms with van der Waals surface area (Å²) >= 11 is 0. The number of hydrogen-bond donors (Lipinski definition) is 2. The van der Waals surface area contributed by atoms with Gasteiger partial charge in [-0.1, -0.05) is 19.9 Å². The number of hydrogen-bond acceptors (Lipinski definition) is 7. The van der Waals surface area contributed by atoms with Gasteiger partial charge in [0.25, 0.3) is 21.5 Å². The maximum atomic E-state index is 13.1. The highest BCUT2D eigenvalue weighted by Crippen LogP contribution is 2.36. The van der Waals surface area contributed by atoms with Crippen LogP contribution in [0.25, 0.3) is 0 Å². The minimum atomic E-state index is -5.39. The number of anilines is 1. The van der Waals surface area contributed by atoms with Crippen molar-refractivity contribution in [3.63, 3.8) is 0 Å². The maximum absolute atomic E-state index is 13.1. The van der Waals surface area contributed by atoms with Crippen molar-refractivity contribution in [1.82, 2.24) is 0 Å². The molecule has 13 heteroatoms. The Kier molecular flexibility index (Phi) is 7.17. The number of rotatable bonds is 8. The smallest absolute Gasteiger partial charge is 0.451 e. The van der Waals surface area contributed by atoms with Crippen LogP contribution in [0.5, 0.6) is 5.75 Å². The summed E-state index contributed by atoms with van der Waals surface area (Å²) in [6.45, 7) is 3.94. The molecule has 0 radical (unpaired) electrons. The van der Waals surface area contributed by atoms with Crippen LogP contribution in [-0.2, 0) is 19.6 Å². The zero-order valence-corrected chi connectivity index (χ0v) is 18.3. The van der Waals surface area contributed by atoms with Crippen molar-refractivity contribution in [2.75, 3.05) is 4.72 Å². The summed E-state index contributed by atoms with van der Waals surface area (Å²) < 4.78 is 66.7. The minimum absolute atomic E-state index is 0.201. The zero-order valence-electron chi connectivity index (χ0n) is 17.5. The van der Waals surface area contributed by atoms with Gasteiger partial charge in [0.05, 0.1) is 9.82 Å². The molecule has 1 atom stereocenters. The maximum Gasteiger partial charge on any atom is 0.451 e. The Morgan fingerprint density at radius 3 is 2.24 bits per heavy atom. The Morgan fingerprint density at radius 1 is 1.12 bits per heavy atom. The van der Waals surface area contributed by atoms with Gasteiger partial charge in [0.15, 0.2) is 5.78 Å². The quantitative estimate of drug-likeness (QED) is 0.249. The number of benzene rings is 2. The monoisotopic (exact) mass is 488 g/mol. The Balaban J connectivity index is 2.55. The SMILES string of the molecule is Cc1ccc(S(=O)(=O)Nc2ccc(O)c([C@@H](C(=O)C(C)C)C(=O)C(F)(F)F)c2)cc1[N+](=O)[O-]. The van der Waals surface area contributed by atoms with Gasteiger partial charge in [0.2, 0.25) is 0 Å². The number of nitrogens with one attached hydrogen (secondary N) is 1. The lowest BCUT2D eigenvalue weighted by Crippen LogP contribution is -2.35. The molecule has 0 unspecified atom stereocenters. The van der Waals surface area contributed by atoms with Crippen molar-refractivity contribution in [1.29, 1.82) is 0 Å². The van der Waals surface area contributed by atoms with Crippen molar-refractivity contribution in [3.05, 3.63) is 57.6 Å². The normalized spacial score (nSPS) is 12.9. The molecule has 0 aliphatic heterocycles. The number of nitro benzene ring substituents is 1. The van der Waals surface area contributed by atoms with E-state index < -0.39 is 66.4 Å². The van der Waals surface area contributed by atoms with Crippen molar-refractivity contribution < 1.29 is 41.2 Å². The summed E-state index contributed by atoms with van der Waals surface area (Å²) in [5, 5.41) is 21.2. The summed E-state index contributed by atoms with van der Waals surface area (Å²) in [5.74, 6) is -7.77. The summed E-state index contributed by atoms with van der Waals surface area (Å²) in [7, 11) is -4.45. The van der Waals surface area contributed by atoms with E-state index in [1.807, 2.05) is 4.72 Å². The van der Waals surface area contributed by atoms with Crippen molar-refractivity contribution >= 4 is 33.0 Å². The van der Waals surface area contributed by atoms with E-state index in [9.17, 15) is 46.4 Å². The van der Waals surface area contributed by atoms with Crippen molar-refractivity contribution in [3.8, 4) is 5.75 Å². The van der Waals surface area contributed by atoms with Crippen molar-refractivity contribution in [2.45, 2.75) is 37.8 Å². The largest absolute Gasteiger partial charge is 0.508 e. The average molecular weight is 488 g/mol.